The monoisotopic (exact) mass is 281 g/mol. The Hall–Kier alpha value is -2.53. The van der Waals surface area contributed by atoms with Crippen molar-refractivity contribution in [3.05, 3.63) is 54.9 Å². The number of rotatable bonds is 4. The van der Waals surface area contributed by atoms with Gasteiger partial charge in [0, 0.05) is 20.1 Å². The van der Waals surface area contributed by atoms with Crippen molar-refractivity contribution in [1.29, 1.82) is 0 Å². The Morgan fingerprint density at radius 1 is 1.14 bits per heavy atom. The normalized spacial score (nSPS) is 13.5. The van der Waals surface area contributed by atoms with Crippen molar-refractivity contribution in [1.82, 2.24) is 4.98 Å². The molecule has 0 radical (unpaired) electrons. The summed E-state index contributed by atoms with van der Waals surface area (Å²) >= 11 is 0. The van der Waals surface area contributed by atoms with E-state index in [0.29, 0.717) is 13.1 Å². The van der Waals surface area contributed by atoms with Crippen LogP contribution >= 0.6 is 0 Å². The fourth-order valence-electron chi connectivity index (χ4n) is 2.47. The molecule has 108 valence electrons. The number of benzene rings is 1. The minimum Gasteiger partial charge on any atom is -0.369 e. The van der Waals surface area contributed by atoms with Crippen LogP contribution in [-0.4, -0.2) is 25.1 Å². The van der Waals surface area contributed by atoms with Crippen molar-refractivity contribution in [3.8, 4) is 0 Å². The van der Waals surface area contributed by atoms with E-state index in [2.05, 4.69) is 38.8 Å². The lowest BCUT2D eigenvalue weighted by atomic mass is 10.2. The number of hydrogen-bond donors (Lipinski definition) is 2. The zero-order chi connectivity index (χ0) is 14.8. The smallest absolute Gasteiger partial charge is 0.141 e. The van der Waals surface area contributed by atoms with Crippen molar-refractivity contribution >= 4 is 23.0 Å². The molecule has 0 atom stereocenters. The van der Waals surface area contributed by atoms with Crippen LogP contribution in [0.15, 0.2) is 54.9 Å². The number of pyridine rings is 1. The van der Waals surface area contributed by atoms with E-state index in [-0.39, 0.29) is 0 Å². The predicted octanol–water partition coefficient (Wildman–Crippen LogP) is 2.51. The molecule has 1 aromatic carbocycles. The van der Waals surface area contributed by atoms with Gasteiger partial charge in [-0.15, -0.1) is 0 Å². The van der Waals surface area contributed by atoms with Gasteiger partial charge in [0.2, 0.25) is 0 Å². The first-order valence-corrected chi connectivity index (χ1v) is 6.95. The first-order valence-electron chi connectivity index (χ1n) is 6.95. The van der Waals surface area contributed by atoms with E-state index >= 15 is 0 Å². The second-order valence-electron chi connectivity index (χ2n) is 4.90. The zero-order valence-electron chi connectivity index (χ0n) is 12.1. The molecule has 5 nitrogen and oxygen atoms in total. The summed E-state index contributed by atoms with van der Waals surface area (Å²) in [6.45, 7) is 5.45. The van der Waals surface area contributed by atoms with Crippen molar-refractivity contribution in [2.45, 2.75) is 0 Å². The van der Waals surface area contributed by atoms with E-state index in [4.69, 9.17) is 5.73 Å². The van der Waals surface area contributed by atoms with Crippen LogP contribution < -0.4 is 20.9 Å². The highest BCUT2D eigenvalue weighted by molar-refractivity contribution is 5.87. The van der Waals surface area contributed by atoms with Crippen molar-refractivity contribution < 1.29 is 0 Å². The molecule has 0 aliphatic carbocycles. The molecule has 1 aliphatic rings. The molecule has 0 unspecified atom stereocenters. The van der Waals surface area contributed by atoms with Crippen LogP contribution in [0.2, 0.25) is 0 Å². The van der Waals surface area contributed by atoms with Crippen molar-refractivity contribution in [2.75, 3.05) is 35.3 Å². The Bertz CT molecular complexity index is 667. The van der Waals surface area contributed by atoms with Crippen LogP contribution in [0.4, 0.5) is 23.0 Å². The fraction of sp³-hybridized carbons (Fsp3) is 0.188. The average molecular weight is 281 g/mol. The molecule has 1 aliphatic heterocycles. The Kier molecular flexibility index (Phi) is 3.50. The fourth-order valence-corrected chi connectivity index (χ4v) is 2.47. The molecule has 0 amide bonds. The largest absolute Gasteiger partial charge is 0.369 e. The van der Waals surface area contributed by atoms with Crippen molar-refractivity contribution in [2.24, 2.45) is 5.73 Å². The Morgan fingerprint density at radius 3 is 2.67 bits per heavy atom. The molecular weight excluding hydrogens is 262 g/mol. The van der Waals surface area contributed by atoms with E-state index in [1.165, 1.54) is 0 Å². The molecule has 5 heteroatoms. The number of nitrogens with one attached hydrogen (secondary N) is 1. The molecule has 0 bridgehead atoms. The van der Waals surface area contributed by atoms with E-state index in [9.17, 15) is 0 Å². The summed E-state index contributed by atoms with van der Waals surface area (Å²) in [7, 11) is 2.01. The highest BCUT2D eigenvalue weighted by atomic mass is 15.4. The third-order valence-corrected chi connectivity index (χ3v) is 3.54. The minimum atomic E-state index is 0.577. The van der Waals surface area contributed by atoms with Crippen molar-refractivity contribution in [3.63, 3.8) is 0 Å². The predicted molar refractivity (Wildman–Crippen MR) is 87.9 cm³/mol. The molecule has 0 spiro atoms. The number of hydrogen-bond acceptors (Lipinski definition) is 5. The third kappa shape index (κ3) is 2.32. The second kappa shape index (κ2) is 5.46. The standard InChI is InChI=1S/C16H19N5/c1-12-20(2)13-6-3-4-7-14(13)21(12)16-9-5-8-15(19-16)18-11-10-17/h3-9H,1,10-11,17H2,2H3,(H,18,19). The number of aromatic nitrogens is 1. The maximum atomic E-state index is 5.52. The van der Waals surface area contributed by atoms with E-state index in [1.54, 1.807) is 0 Å². The summed E-state index contributed by atoms with van der Waals surface area (Å²) in [5, 5.41) is 3.20. The first-order chi connectivity index (χ1) is 10.2. The lowest BCUT2D eigenvalue weighted by Gasteiger charge is -2.21. The topological polar surface area (TPSA) is 57.4 Å². The Labute approximate surface area is 124 Å². The summed E-state index contributed by atoms with van der Waals surface area (Å²) in [5.74, 6) is 2.55. The second-order valence-corrected chi connectivity index (χ2v) is 4.90. The van der Waals surface area contributed by atoms with Crippen LogP contribution in [0.3, 0.4) is 0 Å². The lowest BCUT2D eigenvalue weighted by molar-refractivity contribution is 1.00. The van der Waals surface area contributed by atoms with E-state index in [1.807, 2.05) is 37.4 Å². The molecule has 3 rings (SSSR count). The Morgan fingerprint density at radius 2 is 1.90 bits per heavy atom. The van der Waals surface area contributed by atoms with Gasteiger partial charge in [0.15, 0.2) is 0 Å². The van der Waals surface area contributed by atoms with Crippen LogP contribution in [0.1, 0.15) is 0 Å². The molecular formula is C16H19N5. The Balaban J connectivity index is 1.99. The number of fused-ring (bicyclic) bond motifs is 1. The lowest BCUT2D eigenvalue weighted by Crippen LogP contribution is -2.21. The van der Waals surface area contributed by atoms with Crippen LogP contribution in [0.25, 0.3) is 0 Å². The van der Waals surface area contributed by atoms with Gasteiger partial charge >= 0.3 is 0 Å². The first kappa shape index (κ1) is 13.5. The highest BCUT2D eigenvalue weighted by Crippen LogP contribution is 2.43. The number of para-hydroxylation sites is 2. The molecule has 1 aromatic heterocycles. The maximum absolute atomic E-state index is 5.52. The number of nitrogens with two attached hydrogens (primary N) is 1. The third-order valence-electron chi connectivity index (χ3n) is 3.54. The average Bonchev–Trinajstić information content (AvgIpc) is 2.78. The molecule has 0 fully saturated rings. The van der Waals surface area contributed by atoms with Crippen LogP contribution in [0.5, 0.6) is 0 Å². The molecule has 0 saturated carbocycles. The molecule has 2 heterocycles. The SMILES string of the molecule is C=C1N(C)c2ccccc2N1c1cccc(NCCN)n1. The van der Waals surface area contributed by atoms with Gasteiger partial charge in [0.1, 0.15) is 17.5 Å². The van der Waals surface area contributed by atoms with Gasteiger partial charge in [-0.2, -0.15) is 0 Å². The van der Waals surface area contributed by atoms with Gasteiger partial charge in [-0.1, -0.05) is 24.8 Å². The summed E-state index contributed by atoms with van der Waals surface area (Å²) in [6, 6.07) is 14.1. The summed E-state index contributed by atoms with van der Waals surface area (Å²) in [6.07, 6.45) is 0. The highest BCUT2D eigenvalue weighted by Gasteiger charge is 2.28. The summed E-state index contributed by atoms with van der Waals surface area (Å²) in [5.41, 5.74) is 7.74. The van der Waals surface area contributed by atoms with Crippen LogP contribution in [0, 0.1) is 0 Å². The van der Waals surface area contributed by atoms with E-state index < -0.39 is 0 Å². The summed E-state index contributed by atoms with van der Waals surface area (Å²) < 4.78 is 0. The van der Waals surface area contributed by atoms with Gasteiger partial charge in [-0.05, 0) is 24.3 Å². The quantitative estimate of drug-likeness (QED) is 0.902. The summed E-state index contributed by atoms with van der Waals surface area (Å²) in [4.78, 5) is 8.77. The number of anilines is 4. The zero-order valence-corrected chi connectivity index (χ0v) is 12.1. The maximum Gasteiger partial charge on any atom is 0.141 e. The van der Waals surface area contributed by atoms with Gasteiger partial charge in [0.25, 0.3) is 0 Å². The van der Waals surface area contributed by atoms with Gasteiger partial charge in [-0.25, -0.2) is 4.98 Å². The molecule has 3 N–H and O–H groups in total. The molecule has 2 aromatic rings. The van der Waals surface area contributed by atoms with Gasteiger partial charge in [-0.3, -0.25) is 4.90 Å². The van der Waals surface area contributed by atoms with Crippen LogP contribution in [-0.2, 0) is 0 Å². The molecule has 21 heavy (non-hydrogen) atoms. The van der Waals surface area contributed by atoms with Gasteiger partial charge in [0.05, 0.1) is 11.4 Å². The minimum absolute atomic E-state index is 0.577. The number of nitrogens with zero attached hydrogens (tertiary/aromatic N) is 3. The van der Waals surface area contributed by atoms with Gasteiger partial charge < -0.3 is 16.0 Å². The molecule has 0 saturated heterocycles. The van der Waals surface area contributed by atoms with E-state index in [0.717, 1.165) is 28.8 Å².